The first kappa shape index (κ1) is 21.7. The Labute approximate surface area is 182 Å². The summed E-state index contributed by atoms with van der Waals surface area (Å²) in [5.41, 5.74) is 6.46. The summed E-state index contributed by atoms with van der Waals surface area (Å²) in [5, 5.41) is 0. The number of carbonyl (C=O) groups excluding carboxylic acids is 1. The minimum atomic E-state index is -4.43. The van der Waals surface area contributed by atoms with Crippen molar-refractivity contribution in [1.82, 2.24) is 19.9 Å². The molecule has 0 aliphatic carbocycles. The van der Waals surface area contributed by atoms with E-state index in [0.29, 0.717) is 30.3 Å². The number of benzene rings is 1. The Morgan fingerprint density at radius 1 is 1.00 bits per heavy atom. The van der Waals surface area contributed by atoms with E-state index in [9.17, 15) is 18.0 Å². The highest BCUT2D eigenvalue weighted by molar-refractivity contribution is 5.92. The SMILES string of the molecule is NC(=O)c1cc(-c2ccc(C(F)(F)F)cc2)nc(N2CCN(Cc3ccccn3)CC2)n1. The van der Waals surface area contributed by atoms with Crippen LogP contribution in [0.15, 0.2) is 54.7 Å². The number of piperazine rings is 1. The van der Waals surface area contributed by atoms with Gasteiger partial charge >= 0.3 is 6.18 Å². The van der Waals surface area contributed by atoms with Gasteiger partial charge in [-0.2, -0.15) is 13.2 Å². The molecule has 1 fully saturated rings. The fourth-order valence-electron chi connectivity index (χ4n) is 3.51. The predicted molar refractivity (Wildman–Crippen MR) is 113 cm³/mol. The van der Waals surface area contributed by atoms with Crippen molar-refractivity contribution in [3.05, 3.63) is 71.7 Å². The minimum Gasteiger partial charge on any atom is -0.364 e. The van der Waals surface area contributed by atoms with Gasteiger partial charge in [-0.1, -0.05) is 18.2 Å². The quantitative estimate of drug-likeness (QED) is 0.654. The van der Waals surface area contributed by atoms with Crippen LogP contribution in [0.25, 0.3) is 11.3 Å². The van der Waals surface area contributed by atoms with E-state index in [1.807, 2.05) is 23.1 Å². The second-order valence-corrected chi connectivity index (χ2v) is 7.46. The number of nitrogens with two attached hydrogens (primary N) is 1. The summed E-state index contributed by atoms with van der Waals surface area (Å²) in [6, 6.07) is 11.8. The number of nitrogens with zero attached hydrogens (tertiary/aromatic N) is 5. The van der Waals surface area contributed by atoms with Gasteiger partial charge in [0.15, 0.2) is 0 Å². The second-order valence-electron chi connectivity index (χ2n) is 7.46. The van der Waals surface area contributed by atoms with Crippen molar-refractivity contribution in [3.63, 3.8) is 0 Å². The predicted octanol–water partition coefficient (Wildman–Crippen LogP) is 2.98. The Kier molecular flexibility index (Phi) is 6.04. The lowest BCUT2D eigenvalue weighted by molar-refractivity contribution is -0.137. The molecule has 1 saturated heterocycles. The Hall–Kier alpha value is -3.53. The van der Waals surface area contributed by atoms with Gasteiger partial charge in [0.05, 0.1) is 17.0 Å². The first-order valence-corrected chi connectivity index (χ1v) is 10.0. The van der Waals surface area contributed by atoms with Crippen LogP contribution in [0, 0.1) is 0 Å². The third-order valence-electron chi connectivity index (χ3n) is 5.24. The van der Waals surface area contributed by atoms with Gasteiger partial charge in [-0.3, -0.25) is 14.7 Å². The van der Waals surface area contributed by atoms with Crippen LogP contribution in [0.5, 0.6) is 0 Å². The first-order chi connectivity index (χ1) is 15.3. The molecule has 0 spiro atoms. The topological polar surface area (TPSA) is 88.2 Å². The molecule has 0 atom stereocenters. The maximum absolute atomic E-state index is 12.9. The number of hydrogen-bond acceptors (Lipinski definition) is 6. The normalized spacial score (nSPS) is 15.0. The fourth-order valence-corrected chi connectivity index (χ4v) is 3.51. The molecule has 0 bridgehead atoms. The van der Waals surface area contributed by atoms with E-state index < -0.39 is 17.6 Å². The van der Waals surface area contributed by atoms with Crippen LogP contribution >= 0.6 is 0 Å². The molecule has 32 heavy (non-hydrogen) atoms. The molecule has 3 heterocycles. The maximum atomic E-state index is 12.9. The lowest BCUT2D eigenvalue weighted by atomic mass is 10.1. The van der Waals surface area contributed by atoms with Gasteiger partial charge in [0.2, 0.25) is 5.95 Å². The van der Waals surface area contributed by atoms with E-state index in [0.717, 1.165) is 37.5 Å². The van der Waals surface area contributed by atoms with Gasteiger partial charge in [-0.25, -0.2) is 9.97 Å². The van der Waals surface area contributed by atoms with E-state index in [-0.39, 0.29) is 5.69 Å². The summed E-state index contributed by atoms with van der Waals surface area (Å²) < 4.78 is 38.6. The molecule has 0 radical (unpaired) electrons. The zero-order chi connectivity index (χ0) is 22.7. The van der Waals surface area contributed by atoms with E-state index in [1.165, 1.54) is 18.2 Å². The fraction of sp³-hybridized carbons (Fsp3) is 0.273. The number of pyridine rings is 1. The highest BCUT2D eigenvalue weighted by atomic mass is 19.4. The molecule has 1 aromatic carbocycles. The van der Waals surface area contributed by atoms with Gasteiger partial charge < -0.3 is 10.6 Å². The van der Waals surface area contributed by atoms with Crippen molar-refractivity contribution in [2.45, 2.75) is 12.7 Å². The van der Waals surface area contributed by atoms with Crippen LogP contribution in [0.4, 0.5) is 19.1 Å². The standard InChI is InChI=1S/C22H21F3N6O/c23-22(24,25)16-6-4-15(5-7-16)18-13-19(20(26)32)29-21(28-18)31-11-9-30(10-12-31)14-17-3-1-2-8-27-17/h1-8,13H,9-12,14H2,(H2,26,32). The van der Waals surface area contributed by atoms with Crippen molar-refractivity contribution in [3.8, 4) is 11.3 Å². The summed E-state index contributed by atoms with van der Waals surface area (Å²) >= 11 is 0. The number of rotatable bonds is 5. The van der Waals surface area contributed by atoms with Crippen LogP contribution in [0.2, 0.25) is 0 Å². The number of halogens is 3. The van der Waals surface area contributed by atoms with Crippen LogP contribution < -0.4 is 10.6 Å². The Morgan fingerprint density at radius 3 is 2.31 bits per heavy atom. The number of hydrogen-bond donors (Lipinski definition) is 1. The van der Waals surface area contributed by atoms with Crippen molar-refractivity contribution >= 4 is 11.9 Å². The minimum absolute atomic E-state index is 0.0146. The van der Waals surface area contributed by atoms with Crippen molar-refractivity contribution in [1.29, 1.82) is 0 Å². The zero-order valence-electron chi connectivity index (χ0n) is 17.1. The molecule has 7 nitrogen and oxygen atoms in total. The summed E-state index contributed by atoms with van der Waals surface area (Å²) in [6.45, 7) is 3.48. The van der Waals surface area contributed by atoms with Crippen molar-refractivity contribution in [2.24, 2.45) is 5.73 Å². The van der Waals surface area contributed by atoms with Gasteiger partial charge in [-0.15, -0.1) is 0 Å². The third-order valence-corrected chi connectivity index (χ3v) is 5.24. The number of primary amides is 1. The van der Waals surface area contributed by atoms with E-state index in [4.69, 9.17) is 5.73 Å². The van der Waals surface area contributed by atoms with Crippen LogP contribution in [-0.2, 0) is 12.7 Å². The lowest BCUT2D eigenvalue weighted by Crippen LogP contribution is -2.46. The van der Waals surface area contributed by atoms with Crippen LogP contribution in [0.1, 0.15) is 21.7 Å². The molecule has 0 unspecified atom stereocenters. The molecule has 0 saturated carbocycles. The molecule has 10 heteroatoms. The molecule has 2 N–H and O–H groups in total. The lowest BCUT2D eigenvalue weighted by Gasteiger charge is -2.34. The number of amides is 1. The summed E-state index contributed by atoms with van der Waals surface area (Å²) in [7, 11) is 0. The largest absolute Gasteiger partial charge is 0.416 e. The second kappa shape index (κ2) is 8.91. The van der Waals surface area contributed by atoms with Crippen LogP contribution in [0.3, 0.4) is 0 Å². The van der Waals surface area contributed by atoms with Gasteiger partial charge in [0, 0.05) is 44.5 Å². The summed E-state index contributed by atoms with van der Waals surface area (Å²) in [5.74, 6) is -0.399. The number of carbonyl (C=O) groups is 1. The van der Waals surface area contributed by atoms with Gasteiger partial charge in [0.25, 0.3) is 5.91 Å². The number of alkyl halides is 3. The molecular weight excluding hydrogens is 421 g/mol. The van der Waals surface area contributed by atoms with E-state index in [1.54, 1.807) is 6.20 Å². The zero-order valence-corrected chi connectivity index (χ0v) is 17.1. The Balaban J connectivity index is 1.53. The molecule has 2 aromatic heterocycles. The van der Waals surface area contributed by atoms with Gasteiger partial charge in [-0.05, 0) is 30.3 Å². The van der Waals surface area contributed by atoms with Crippen molar-refractivity contribution < 1.29 is 18.0 Å². The molecule has 4 rings (SSSR count). The highest BCUT2D eigenvalue weighted by Crippen LogP contribution is 2.31. The molecule has 166 valence electrons. The molecule has 1 aliphatic heterocycles. The van der Waals surface area contributed by atoms with Gasteiger partial charge in [0.1, 0.15) is 5.69 Å². The molecule has 3 aromatic rings. The smallest absolute Gasteiger partial charge is 0.364 e. The Bertz CT molecular complexity index is 1080. The summed E-state index contributed by atoms with van der Waals surface area (Å²) in [6.07, 6.45) is -2.67. The maximum Gasteiger partial charge on any atom is 0.416 e. The highest BCUT2D eigenvalue weighted by Gasteiger charge is 2.30. The molecular formula is C22H21F3N6O. The third kappa shape index (κ3) is 5.02. The van der Waals surface area contributed by atoms with Crippen LogP contribution in [-0.4, -0.2) is 51.9 Å². The average molecular weight is 442 g/mol. The van der Waals surface area contributed by atoms with Crippen molar-refractivity contribution in [2.75, 3.05) is 31.1 Å². The number of aromatic nitrogens is 3. The first-order valence-electron chi connectivity index (χ1n) is 10.0. The summed E-state index contributed by atoms with van der Waals surface area (Å²) in [4.78, 5) is 29.1. The van der Waals surface area contributed by atoms with E-state index >= 15 is 0 Å². The average Bonchev–Trinajstić information content (AvgIpc) is 2.79. The number of anilines is 1. The molecule has 1 aliphatic rings. The Morgan fingerprint density at radius 2 is 1.72 bits per heavy atom. The van der Waals surface area contributed by atoms with E-state index in [2.05, 4.69) is 19.9 Å². The molecule has 1 amide bonds. The monoisotopic (exact) mass is 442 g/mol.